The number of nitrogens with zero attached hydrogens (tertiary/aromatic N) is 2. The predicted molar refractivity (Wildman–Crippen MR) is 114 cm³/mol. The van der Waals surface area contributed by atoms with Gasteiger partial charge in [0.1, 0.15) is 13.2 Å². The molecule has 2 aromatic rings. The third-order valence-electron chi connectivity index (χ3n) is 5.34. The summed E-state index contributed by atoms with van der Waals surface area (Å²) in [4.78, 5) is 0.135. The van der Waals surface area contributed by atoms with Gasteiger partial charge in [0, 0.05) is 38.3 Å². The third kappa shape index (κ3) is 4.10. The van der Waals surface area contributed by atoms with E-state index in [1.807, 2.05) is 0 Å². The molecule has 0 radical (unpaired) electrons. The molecule has 12 heteroatoms. The van der Waals surface area contributed by atoms with Crippen molar-refractivity contribution in [2.24, 2.45) is 0 Å². The minimum atomic E-state index is -3.83. The van der Waals surface area contributed by atoms with E-state index in [1.54, 1.807) is 6.07 Å². The van der Waals surface area contributed by atoms with Gasteiger partial charge in [0.05, 0.1) is 24.0 Å². The Hall–Kier alpha value is -2.54. The van der Waals surface area contributed by atoms with Gasteiger partial charge in [0.15, 0.2) is 23.0 Å². The number of fused-ring (bicyclic) bond motifs is 1. The average Bonchev–Trinajstić information content (AvgIpc) is 2.83. The van der Waals surface area contributed by atoms with Crippen LogP contribution in [0.2, 0.25) is 0 Å². The van der Waals surface area contributed by atoms with Gasteiger partial charge < -0.3 is 18.9 Å². The topological polar surface area (TPSA) is 112 Å². The van der Waals surface area contributed by atoms with Crippen LogP contribution in [0.1, 0.15) is 0 Å². The molecule has 0 amide bonds. The average molecular weight is 485 g/mol. The minimum Gasteiger partial charge on any atom is -0.493 e. The first-order valence-electron chi connectivity index (χ1n) is 9.89. The van der Waals surface area contributed by atoms with Crippen molar-refractivity contribution in [3.8, 4) is 23.0 Å². The van der Waals surface area contributed by atoms with Crippen molar-refractivity contribution in [2.75, 3.05) is 53.6 Å². The van der Waals surface area contributed by atoms with E-state index in [4.69, 9.17) is 18.9 Å². The zero-order valence-electron chi connectivity index (χ0n) is 17.7. The number of hydrogen-bond acceptors (Lipinski definition) is 8. The second kappa shape index (κ2) is 8.77. The van der Waals surface area contributed by atoms with Crippen LogP contribution in [0.3, 0.4) is 0 Å². The predicted octanol–water partition coefficient (Wildman–Crippen LogP) is 1.17. The second-order valence-corrected chi connectivity index (χ2v) is 11.0. The van der Waals surface area contributed by atoms with Crippen LogP contribution >= 0.6 is 0 Å². The van der Waals surface area contributed by atoms with Gasteiger partial charge in [-0.25, -0.2) is 16.8 Å². The monoisotopic (exact) mass is 484 g/mol. The summed E-state index contributed by atoms with van der Waals surface area (Å²) in [6, 6.07) is 8.83. The van der Waals surface area contributed by atoms with Crippen LogP contribution in [0.25, 0.3) is 0 Å². The van der Waals surface area contributed by atoms with Crippen LogP contribution < -0.4 is 18.9 Å². The zero-order chi connectivity index (χ0) is 22.9. The molecule has 32 heavy (non-hydrogen) atoms. The van der Waals surface area contributed by atoms with Crippen molar-refractivity contribution in [3.05, 3.63) is 36.4 Å². The first-order valence-corrected chi connectivity index (χ1v) is 12.8. The van der Waals surface area contributed by atoms with E-state index in [0.29, 0.717) is 36.2 Å². The molecular formula is C20H24N2O8S2. The second-order valence-electron chi connectivity index (χ2n) is 7.13. The van der Waals surface area contributed by atoms with Crippen molar-refractivity contribution < 1.29 is 35.8 Å². The molecule has 0 bridgehead atoms. The van der Waals surface area contributed by atoms with Gasteiger partial charge in [0.25, 0.3) is 0 Å². The maximum Gasteiger partial charge on any atom is 0.243 e. The summed E-state index contributed by atoms with van der Waals surface area (Å²) in [5.74, 6) is 1.60. The van der Waals surface area contributed by atoms with Gasteiger partial charge in [-0.2, -0.15) is 8.61 Å². The lowest BCUT2D eigenvalue weighted by Gasteiger charge is -2.33. The lowest BCUT2D eigenvalue weighted by molar-refractivity contribution is 0.171. The van der Waals surface area contributed by atoms with Crippen LogP contribution in [0.5, 0.6) is 23.0 Å². The largest absolute Gasteiger partial charge is 0.493 e. The molecule has 0 aromatic heterocycles. The Bertz CT molecular complexity index is 1130. The molecule has 0 N–H and O–H groups in total. The van der Waals surface area contributed by atoms with Crippen molar-refractivity contribution in [2.45, 2.75) is 9.79 Å². The van der Waals surface area contributed by atoms with E-state index in [2.05, 4.69) is 0 Å². The number of ether oxygens (including phenoxy) is 4. The molecule has 2 aliphatic rings. The molecule has 0 spiro atoms. The fourth-order valence-electron chi connectivity index (χ4n) is 3.61. The van der Waals surface area contributed by atoms with Crippen molar-refractivity contribution in [1.29, 1.82) is 0 Å². The molecule has 2 aliphatic heterocycles. The van der Waals surface area contributed by atoms with Crippen LogP contribution in [0.4, 0.5) is 0 Å². The van der Waals surface area contributed by atoms with Crippen LogP contribution in [-0.2, 0) is 20.0 Å². The van der Waals surface area contributed by atoms with Crippen molar-refractivity contribution >= 4 is 20.0 Å². The molecule has 2 heterocycles. The van der Waals surface area contributed by atoms with Gasteiger partial charge in [-0.3, -0.25) is 0 Å². The Labute approximate surface area is 187 Å². The SMILES string of the molecule is COc1ccc(S(=O)(=O)N2CCN(S(=O)(=O)c3ccc4c(c3)OCCO4)CC2)cc1OC. The summed E-state index contributed by atoms with van der Waals surface area (Å²) in [6.07, 6.45) is 0. The summed E-state index contributed by atoms with van der Waals surface area (Å²) in [7, 11) is -4.74. The van der Waals surface area contributed by atoms with Crippen molar-refractivity contribution in [3.63, 3.8) is 0 Å². The van der Waals surface area contributed by atoms with Crippen molar-refractivity contribution in [1.82, 2.24) is 8.61 Å². The molecule has 0 aliphatic carbocycles. The Kier molecular flexibility index (Phi) is 6.21. The maximum atomic E-state index is 13.1. The highest BCUT2D eigenvalue weighted by Crippen LogP contribution is 2.34. The lowest BCUT2D eigenvalue weighted by Crippen LogP contribution is -2.50. The van der Waals surface area contributed by atoms with E-state index in [9.17, 15) is 16.8 Å². The summed E-state index contributed by atoms with van der Waals surface area (Å²) in [5, 5.41) is 0. The van der Waals surface area contributed by atoms with Crippen LogP contribution in [-0.4, -0.2) is 79.1 Å². The number of piperazine rings is 1. The molecule has 0 saturated carbocycles. The van der Waals surface area contributed by atoms with E-state index >= 15 is 0 Å². The molecule has 0 atom stereocenters. The fourth-order valence-corrected chi connectivity index (χ4v) is 6.49. The van der Waals surface area contributed by atoms with E-state index in [0.717, 1.165) is 0 Å². The quantitative estimate of drug-likeness (QED) is 0.601. The molecule has 4 rings (SSSR count). The molecule has 1 saturated heterocycles. The molecule has 2 aromatic carbocycles. The summed E-state index contributed by atoms with van der Waals surface area (Å²) in [6.45, 7) is 0.881. The lowest BCUT2D eigenvalue weighted by atomic mass is 10.3. The molecule has 174 valence electrons. The fraction of sp³-hybridized carbons (Fsp3) is 0.400. The van der Waals surface area contributed by atoms with E-state index in [1.165, 1.54) is 53.2 Å². The van der Waals surface area contributed by atoms with Gasteiger partial charge in [-0.05, 0) is 24.3 Å². The Morgan fingerprint density at radius 1 is 0.688 bits per heavy atom. The molecule has 10 nitrogen and oxygen atoms in total. The number of benzene rings is 2. The Morgan fingerprint density at radius 2 is 1.19 bits per heavy atom. The number of hydrogen-bond donors (Lipinski definition) is 0. The highest BCUT2D eigenvalue weighted by Gasteiger charge is 2.34. The number of sulfonamides is 2. The maximum absolute atomic E-state index is 13.1. The normalized spacial score (nSPS) is 17.7. The molecule has 0 unspecified atom stereocenters. The number of methoxy groups -OCH3 is 2. The highest BCUT2D eigenvalue weighted by atomic mass is 32.2. The first-order chi connectivity index (χ1) is 15.3. The minimum absolute atomic E-state index is 0.0282. The summed E-state index contributed by atoms with van der Waals surface area (Å²) >= 11 is 0. The van der Waals surface area contributed by atoms with E-state index < -0.39 is 20.0 Å². The Balaban J connectivity index is 1.50. The molecular weight excluding hydrogens is 460 g/mol. The van der Waals surface area contributed by atoms with Gasteiger partial charge in [0.2, 0.25) is 20.0 Å². The van der Waals surface area contributed by atoms with Crippen LogP contribution in [0, 0.1) is 0 Å². The first kappa shape index (κ1) is 22.6. The third-order valence-corrected chi connectivity index (χ3v) is 9.13. The Morgan fingerprint density at radius 3 is 1.75 bits per heavy atom. The smallest absolute Gasteiger partial charge is 0.243 e. The molecule has 1 fully saturated rings. The summed E-state index contributed by atoms with van der Waals surface area (Å²) < 4.78 is 76.1. The van der Waals surface area contributed by atoms with Gasteiger partial charge in [-0.15, -0.1) is 0 Å². The highest BCUT2D eigenvalue weighted by molar-refractivity contribution is 7.89. The zero-order valence-corrected chi connectivity index (χ0v) is 19.3. The van der Waals surface area contributed by atoms with Gasteiger partial charge >= 0.3 is 0 Å². The number of rotatable bonds is 6. The summed E-state index contributed by atoms with van der Waals surface area (Å²) in [5.41, 5.74) is 0. The van der Waals surface area contributed by atoms with Gasteiger partial charge in [-0.1, -0.05) is 0 Å². The van der Waals surface area contributed by atoms with Crippen LogP contribution in [0.15, 0.2) is 46.2 Å². The van der Waals surface area contributed by atoms with E-state index in [-0.39, 0.29) is 36.0 Å². The standard InChI is InChI=1S/C20H24N2O8S2/c1-27-17-5-3-15(13-19(17)28-2)31(23,24)21-7-9-22(10-8-21)32(25,26)16-4-6-18-20(14-16)30-12-11-29-18/h3-6,13-14H,7-12H2,1-2H3.